The summed E-state index contributed by atoms with van der Waals surface area (Å²) in [5.74, 6) is 0.646. The fourth-order valence-corrected chi connectivity index (χ4v) is 5.17. The van der Waals surface area contributed by atoms with Crippen molar-refractivity contribution in [2.24, 2.45) is 7.05 Å². The summed E-state index contributed by atoms with van der Waals surface area (Å²) in [4.78, 5) is 14.1. The van der Waals surface area contributed by atoms with E-state index in [0.29, 0.717) is 18.1 Å². The number of hydrogen-bond donors (Lipinski definition) is 1. The molecule has 1 atom stereocenters. The SMILES string of the molecule is CCc1cnc(Nc2cccc(C3CN(S(=O)(=O)c4cn(C)cn4)CCO3)n2)s1. The number of rotatable bonds is 6. The molecule has 0 aromatic carbocycles. The number of nitrogens with one attached hydrogen (secondary N) is 1. The second-order valence-electron chi connectivity index (χ2n) is 6.66. The molecule has 0 bridgehead atoms. The lowest BCUT2D eigenvalue weighted by Gasteiger charge is -2.31. The van der Waals surface area contributed by atoms with Crippen molar-refractivity contribution >= 4 is 32.3 Å². The summed E-state index contributed by atoms with van der Waals surface area (Å²) in [5, 5.41) is 4.02. The van der Waals surface area contributed by atoms with Crippen molar-refractivity contribution in [3.63, 3.8) is 0 Å². The number of imidazole rings is 1. The lowest BCUT2D eigenvalue weighted by Crippen LogP contribution is -2.42. The molecule has 9 nitrogen and oxygen atoms in total. The monoisotopic (exact) mass is 434 g/mol. The Morgan fingerprint density at radius 2 is 2.21 bits per heavy atom. The Bertz CT molecular complexity index is 1090. The van der Waals surface area contributed by atoms with Crippen LogP contribution in [0.4, 0.5) is 10.9 Å². The van der Waals surface area contributed by atoms with E-state index in [9.17, 15) is 8.42 Å². The summed E-state index contributed by atoms with van der Waals surface area (Å²) in [6.07, 6.45) is 5.31. The number of aromatic nitrogens is 4. The summed E-state index contributed by atoms with van der Waals surface area (Å²) in [6.45, 7) is 2.85. The molecule has 1 unspecified atom stereocenters. The standard InChI is InChI=1S/C18H22N6O3S2/c1-3-13-9-19-18(28-13)22-16-6-4-5-14(21-16)15-10-24(7-8-27-15)29(25,26)17-11-23(2)12-20-17/h4-6,9,11-12,15H,3,7-8,10H2,1-2H3,(H,19,21,22). The van der Waals surface area contributed by atoms with E-state index in [-0.39, 0.29) is 18.1 Å². The molecule has 4 rings (SSSR count). The van der Waals surface area contributed by atoms with Gasteiger partial charge in [-0.15, -0.1) is 11.3 Å². The Balaban J connectivity index is 1.51. The number of anilines is 2. The van der Waals surface area contributed by atoms with Gasteiger partial charge in [-0.05, 0) is 18.6 Å². The molecule has 1 aliphatic rings. The second-order valence-corrected chi connectivity index (χ2v) is 9.66. The first-order chi connectivity index (χ1) is 14.0. The van der Waals surface area contributed by atoms with E-state index < -0.39 is 16.1 Å². The Morgan fingerprint density at radius 1 is 1.34 bits per heavy atom. The fraction of sp³-hybridized carbons (Fsp3) is 0.389. The summed E-state index contributed by atoms with van der Waals surface area (Å²) < 4.78 is 34.6. The summed E-state index contributed by atoms with van der Waals surface area (Å²) in [7, 11) is -1.93. The van der Waals surface area contributed by atoms with E-state index >= 15 is 0 Å². The van der Waals surface area contributed by atoms with Crippen LogP contribution in [0.25, 0.3) is 0 Å². The van der Waals surface area contributed by atoms with Gasteiger partial charge in [-0.1, -0.05) is 13.0 Å². The number of thiazole rings is 1. The predicted octanol–water partition coefficient (Wildman–Crippen LogP) is 2.34. The van der Waals surface area contributed by atoms with E-state index in [4.69, 9.17) is 4.74 Å². The van der Waals surface area contributed by atoms with Crippen molar-refractivity contribution in [3.8, 4) is 0 Å². The minimum Gasteiger partial charge on any atom is -0.369 e. The van der Waals surface area contributed by atoms with Crippen molar-refractivity contribution in [1.82, 2.24) is 23.8 Å². The van der Waals surface area contributed by atoms with Gasteiger partial charge in [-0.3, -0.25) is 0 Å². The van der Waals surface area contributed by atoms with Gasteiger partial charge in [0.15, 0.2) is 10.2 Å². The van der Waals surface area contributed by atoms with Gasteiger partial charge in [-0.2, -0.15) is 4.31 Å². The molecule has 0 aliphatic carbocycles. The number of sulfonamides is 1. The van der Waals surface area contributed by atoms with E-state index in [1.165, 1.54) is 21.7 Å². The second kappa shape index (κ2) is 8.19. The fourth-order valence-electron chi connectivity index (χ4n) is 3.02. The molecule has 4 heterocycles. The van der Waals surface area contributed by atoms with Crippen molar-refractivity contribution in [3.05, 3.63) is 47.5 Å². The minimum absolute atomic E-state index is 0.0412. The third kappa shape index (κ3) is 4.32. The molecule has 3 aromatic heterocycles. The van der Waals surface area contributed by atoms with Crippen molar-refractivity contribution in [2.45, 2.75) is 24.5 Å². The zero-order valence-corrected chi connectivity index (χ0v) is 17.8. The van der Waals surface area contributed by atoms with Crippen LogP contribution in [0, 0.1) is 0 Å². The minimum atomic E-state index is -3.67. The number of pyridine rings is 1. The number of hydrogen-bond acceptors (Lipinski definition) is 8. The van der Waals surface area contributed by atoms with Gasteiger partial charge in [0.25, 0.3) is 10.0 Å². The highest BCUT2D eigenvalue weighted by molar-refractivity contribution is 7.89. The van der Waals surface area contributed by atoms with Gasteiger partial charge in [0.2, 0.25) is 0 Å². The maximum absolute atomic E-state index is 12.9. The Hall–Kier alpha value is -2.34. The van der Waals surface area contributed by atoms with Gasteiger partial charge in [0, 0.05) is 37.4 Å². The van der Waals surface area contributed by atoms with E-state index in [0.717, 1.165) is 11.6 Å². The molecule has 1 N–H and O–H groups in total. The van der Waals surface area contributed by atoms with Crippen molar-refractivity contribution in [2.75, 3.05) is 25.0 Å². The van der Waals surface area contributed by atoms with Crippen LogP contribution >= 0.6 is 11.3 Å². The third-order valence-electron chi connectivity index (χ3n) is 4.55. The van der Waals surface area contributed by atoms with Crippen LogP contribution in [0.1, 0.15) is 23.6 Å². The lowest BCUT2D eigenvalue weighted by molar-refractivity contribution is -0.00492. The van der Waals surface area contributed by atoms with Crippen LogP contribution in [0.15, 0.2) is 41.9 Å². The molecule has 11 heteroatoms. The molecule has 3 aromatic rings. The van der Waals surface area contributed by atoms with E-state index in [1.54, 1.807) is 23.0 Å². The van der Waals surface area contributed by atoms with Crippen LogP contribution in [0.3, 0.4) is 0 Å². The Kier molecular flexibility index (Phi) is 5.63. The van der Waals surface area contributed by atoms with Gasteiger partial charge < -0.3 is 14.6 Å². The number of morpholine rings is 1. The summed E-state index contributed by atoms with van der Waals surface area (Å²) in [6, 6.07) is 5.56. The molecule has 0 saturated carbocycles. The highest BCUT2D eigenvalue weighted by Gasteiger charge is 2.33. The van der Waals surface area contributed by atoms with Gasteiger partial charge in [0.05, 0.1) is 18.6 Å². The number of nitrogens with zero attached hydrogens (tertiary/aromatic N) is 5. The van der Waals surface area contributed by atoms with Gasteiger partial charge in [0.1, 0.15) is 11.9 Å². The normalized spacial score (nSPS) is 18.1. The maximum atomic E-state index is 12.9. The molecule has 1 fully saturated rings. The largest absolute Gasteiger partial charge is 0.369 e. The lowest BCUT2D eigenvalue weighted by atomic mass is 10.2. The van der Waals surface area contributed by atoms with E-state index in [2.05, 4.69) is 27.2 Å². The Labute approximate surface area is 173 Å². The molecule has 29 heavy (non-hydrogen) atoms. The molecular weight excluding hydrogens is 412 g/mol. The first-order valence-electron chi connectivity index (χ1n) is 9.24. The topological polar surface area (TPSA) is 102 Å². The quantitative estimate of drug-likeness (QED) is 0.635. The first kappa shape index (κ1) is 20.0. The molecular formula is C18H22N6O3S2. The van der Waals surface area contributed by atoms with Crippen molar-refractivity contribution in [1.29, 1.82) is 0 Å². The predicted molar refractivity (Wildman–Crippen MR) is 110 cm³/mol. The average molecular weight is 435 g/mol. The highest BCUT2D eigenvalue weighted by atomic mass is 32.2. The molecule has 1 aliphatic heterocycles. The van der Waals surface area contributed by atoms with Crippen LogP contribution in [0.2, 0.25) is 0 Å². The molecule has 154 valence electrons. The highest BCUT2D eigenvalue weighted by Crippen LogP contribution is 2.27. The van der Waals surface area contributed by atoms with Gasteiger partial charge in [-0.25, -0.2) is 23.4 Å². The van der Waals surface area contributed by atoms with E-state index in [1.807, 2.05) is 24.4 Å². The zero-order chi connectivity index (χ0) is 20.4. The maximum Gasteiger partial charge on any atom is 0.262 e. The van der Waals surface area contributed by atoms with Gasteiger partial charge >= 0.3 is 0 Å². The zero-order valence-electron chi connectivity index (χ0n) is 16.1. The summed E-state index contributed by atoms with van der Waals surface area (Å²) >= 11 is 1.58. The third-order valence-corrected chi connectivity index (χ3v) is 7.36. The molecule has 0 radical (unpaired) electrons. The summed E-state index contributed by atoms with van der Waals surface area (Å²) in [5.41, 5.74) is 0.670. The molecule has 0 spiro atoms. The molecule has 1 saturated heterocycles. The van der Waals surface area contributed by atoms with Crippen LogP contribution in [-0.2, 0) is 28.2 Å². The van der Waals surface area contributed by atoms with Crippen LogP contribution in [-0.4, -0.2) is 51.9 Å². The number of ether oxygens (including phenoxy) is 1. The Morgan fingerprint density at radius 3 is 2.93 bits per heavy atom. The van der Waals surface area contributed by atoms with Crippen molar-refractivity contribution < 1.29 is 13.2 Å². The number of aryl methyl sites for hydroxylation is 2. The van der Waals surface area contributed by atoms with Crippen LogP contribution < -0.4 is 5.32 Å². The average Bonchev–Trinajstić information content (AvgIpc) is 3.37. The van der Waals surface area contributed by atoms with Crippen LogP contribution in [0.5, 0.6) is 0 Å². The smallest absolute Gasteiger partial charge is 0.262 e. The molecule has 0 amide bonds. The first-order valence-corrected chi connectivity index (χ1v) is 11.5.